The van der Waals surface area contributed by atoms with E-state index in [0.717, 1.165) is 16.3 Å². The second-order valence-electron chi connectivity index (χ2n) is 7.26. The summed E-state index contributed by atoms with van der Waals surface area (Å²) in [5.41, 5.74) is 2.26. The summed E-state index contributed by atoms with van der Waals surface area (Å²) in [6.07, 6.45) is 3.46. The number of esters is 1. The van der Waals surface area contributed by atoms with E-state index in [1.54, 1.807) is 36.5 Å². The number of pyridine rings is 1. The lowest BCUT2D eigenvalue weighted by Crippen LogP contribution is -2.19. The highest BCUT2D eigenvalue weighted by Crippen LogP contribution is 2.19. The van der Waals surface area contributed by atoms with E-state index in [4.69, 9.17) is 9.47 Å². The predicted molar refractivity (Wildman–Crippen MR) is 128 cm³/mol. The third-order valence-corrected chi connectivity index (χ3v) is 4.98. The molecule has 33 heavy (non-hydrogen) atoms. The molecule has 3 aromatic carbocycles. The zero-order chi connectivity index (χ0) is 23.0. The largest absolute Gasteiger partial charge is 0.473 e. The first-order valence-electron chi connectivity index (χ1n) is 10.4. The average Bonchev–Trinajstić information content (AvgIpc) is 2.86. The van der Waals surface area contributed by atoms with Crippen LogP contribution in [0.15, 0.2) is 96.7 Å². The second kappa shape index (κ2) is 10.2. The number of nitrogens with one attached hydrogen (secondary N) is 1. The van der Waals surface area contributed by atoms with E-state index in [1.807, 2.05) is 60.7 Å². The van der Waals surface area contributed by atoms with Crippen LogP contribution in [0.1, 0.15) is 15.9 Å². The van der Waals surface area contributed by atoms with Gasteiger partial charge in [-0.15, -0.1) is 0 Å². The third kappa shape index (κ3) is 5.62. The number of carbonyl (C=O) groups excluding carboxylic acids is 2. The Morgan fingerprint density at radius 3 is 2.33 bits per heavy atom. The van der Waals surface area contributed by atoms with Crippen LogP contribution < -0.4 is 10.1 Å². The van der Waals surface area contributed by atoms with Crippen molar-refractivity contribution in [2.45, 2.75) is 0 Å². The van der Waals surface area contributed by atoms with Gasteiger partial charge in [0.25, 0.3) is 5.91 Å². The molecule has 6 heteroatoms. The highest BCUT2D eigenvalue weighted by atomic mass is 16.5. The number of ether oxygens (including phenoxy) is 2. The molecular weight excluding hydrogens is 416 g/mol. The normalized spacial score (nSPS) is 11.1. The van der Waals surface area contributed by atoms with Gasteiger partial charge in [-0.1, -0.05) is 54.6 Å². The van der Waals surface area contributed by atoms with Crippen LogP contribution in [0, 0.1) is 0 Å². The molecule has 4 rings (SSSR count). The topological polar surface area (TPSA) is 77.5 Å². The summed E-state index contributed by atoms with van der Waals surface area (Å²) >= 11 is 0. The number of amides is 1. The van der Waals surface area contributed by atoms with Crippen molar-refractivity contribution in [1.29, 1.82) is 0 Å². The van der Waals surface area contributed by atoms with Crippen LogP contribution in [0.4, 0.5) is 5.69 Å². The molecule has 1 aromatic heterocycles. The van der Waals surface area contributed by atoms with Gasteiger partial charge in [-0.2, -0.15) is 0 Å². The molecule has 164 valence electrons. The van der Waals surface area contributed by atoms with Crippen molar-refractivity contribution in [3.8, 4) is 5.88 Å². The molecule has 0 saturated carbocycles. The first-order valence-corrected chi connectivity index (χ1v) is 10.4. The van der Waals surface area contributed by atoms with Crippen LogP contribution in [-0.4, -0.2) is 30.6 Å². The van der Waals surface area contributed by atoms with Crippen LogP contribution in [0.25, 0.3) is 16.8 Å². The average molecular weight is 438 g/mol. The summed E-state index contributed by atoms with van der Waals surface area (Å²) in [7, 11) is 1.33. The SMILES string of the molecule is COC(=O)c1ccc(C=C(COc2cc3ccccc3cn2)C(=O)Nc2ccccc2)cc1. The van der Waals surface area contributed by atoms with Crippen LogP contribution in [0.5, 0.6) is 5.88 Å². The number of methoxy groups -OCH3 is 1. The van der Waals surface area contributed by atoms with Gasteiger partial charge >= 0.3 is 5.97 Å². The lowest BCUT2D eigenvalue weighted by Gasteiger charge is -2.11. The predicted octanol–water partition coefficient (Wildman–Crippen LogP) is 5.12. The molecule has 4 aromatic rings. The second-order valence-corrected chi connectivity index (χ2v) is 7.26. The first kappa shape index (κ1) is 21.8. The Morgan fingerprint density at radius 1 is 0.909 bits per heavy atom. The molecule has 1 amide bonds. The zero-order valence-electron chi connectivity index (χ0n) is 18.0. The molecule has 0 unspecified atom stereocenters. The number of hydrogen-bond donors (Lipinski definition) is 1. The molecular formula is C27H22N2O4. The maximum atomic E-state index is 13.0. The van der Waals surface area contributed by atoms with E-state index in [-0.39, 0.29) is 12.5 Å². The summed E-state index contributed by atoms with van der Waals surface area (Å²) in [6, 6.07) is 25.7. The maximum Gasteiger partial charge on any atom is 0.337 e. The smallest absolute Gasteiger partial charge is 0.337 e. The van der Waals surface area contributed by atoms with Gasteiger partial charge < -0.3 is 14.8 Å². The van der Waals surface area contributed by atoms with Gasteiger partial charge in [-0.05, 0) is 41.3 Å². The number of hydrogen-bond acceptors (Lipinski definition) is 5. The van der Waals surface area contributed by atoms with Gasteiger partial charge in [-0.3, -0.25) is 4.79 Å². The fourth-order valence-electron chi connectivity index (χ4n) is 3.23. The quantitative estimate of drug-likeness (QED) is 0.320. The van der Waals surface area contributed by atoms with Gasteiger partial charge in [0.05, 0.1) is 18.2 Å². The van der Waals surface area contributed by atoms with Crippen molar-refractivity contribution in [2.24, 2.45) is 0 Å². The van der Waals surface area contributed by atoms with Gasteiger partial charge in [0, 0.05) is 23.3 Å². The van der Waals surface area contributed by atoms with E-state index in [1.165, 1.54) is 7.11 Å². The van der Waals surface area contributed by atoms with E-state index in [0.29, 0.717) is 22.7 Å². The zero-order valence-corrected chi connectivity index (χ0v) is 18.0. The van der Waals surface area contributed by atoms with Crippen molar-refractivity contribution >= 4 is 34.4 Å². The van der Waals surface area contributed by atoms with Crippen molar-refractivity contribution in [3.05, 3.63) is 108 Å². The number of benzene rings is 3. The van der Waals surface area contributed by atoms with Gasteiger partial charge in [0.1, 0.15) is 6.61 Å². The first-order chi connectivity index (χ1) is 16.1. The molecule has 6 nitrogen and oxygen atoms in total. The molecule has 0 bridgehead atoms. The minimum atomic E-state index is -0.418. The molecule has 0 aliphatic heterocycles. The monoisotopic (exact) mass is 438 g/mol. The molecule has 0 fully saturated rings. The minimum absolute atomic E-state index is 0.0166. The van der Waals surface area contributed by atoms with E-state index < -0.39 is 5.97 Å². The van der Waals surface area contributed by atoms with Crippen LogP contribution in [-0.2, 0) is 9.53 Å². The maximum absolute atomic E-state index is 13.0. The van der Waals surface area contributed by atoms with E-state index in [2.05, 4.69) is 10.3 Å². The van der Waals surface area contributed by atoms with Crippen molar-refractivity contribution in [3.63, 3.8) is 0 Å². The van der Waals surface area contributed by atoms with Crippen LogP contribution >= 0.6 is 0 Å². The number of rotatable bonds is 7. The van der Waals surface area contributed by atoms with Crippen molar-refractivity contribution in [2.75, 3.05) is 19.0 Å². The molecule has 0 saturated heterocycles. The lowest BCUT2D eigenvalue weighted by molar-refractivity contribution is -0.113. The summed E-state index contributed by atoms with van der Waals surface area (Å²) in [5, 5.41) is 4.89. The highest BCUT2D eigenvalue weighted by molar-refractivity contribution is 6.07. The number of carbonyl (C=O) groups is 2. The fourth-order valence-corrected chi connectivity index (χ4v) is 3.23. The summed E-state index contributed by atoms with van der Waals surface area (Å²) in [5.74, 6) is -0.287. The lowest BCUT2D eigenvalue weighted by atomic mass is 10.1. The van der Waals surface area contributed by atoms with Gasteiger partial charge in [0.15, 0.2) is 0 Å². The fraction of sp³-hybridized carbons (Fsp3) is 0.0741. The summed E-state index contributed by atoms with van der Waals surface area (Å²) in [6.45, 7) is 0.0166. The van der Waals surface area contributed by atoms with E-state index >= 15 is 0 Å². The Balaban J connectivity index is 1.57. The summed E-state index contributed by atoms with van der Waals surface area (Å²) < 4.78 is 10.6. The molecule has 0 radical (unpaired) electrons. The Kier molecular flexibility index (Phi) is 6.75. The number of para-hydroxylation sites is 1. The summed E-state index contributed by atoms with van der Waals surface area (Å²) in [4.78, 5) is 29.0. The molecule has 0 spiro atoms. The minimum Gasteiger partial charge on any atom is -0.473 e. The van der Waals surface area contributed by atoms with Gasteiger partial charge in [0.2, 0.25) is 5.88 Å². The van der Waals surface area contributed by atoms with E-state index in [9.17, 15) is 9.59 Å². The number of aromatic nitrogens is 1. The van der Waals surface area contributed by atoms with Gasteiger partial charge in [-0.25, -0.2) is 9.78 Å². The standard InChI is InChI=1S/C27H22N2O4/c1-32-27(31)20-13-11-19(12-14-20)15-23(26(30)29-24-9-3-2-4-10-24)18-33-25-16-21-7-5-6-8-22(21)17-28-25/h2-17H,18H2,1H3,(H,29,30). The molecule has 1 N–H and O–H groups in total. The Hall–Kier alpha value is -4.45. The number of nitrogens with zero attached hydrogens (tertiary/aromatic N) is 1. The molecule has 0 atom stereocenters. The third-order valence-electron chi connectivity index (χ3n) is 4.98. The van der Waals surface area contributed by atoms with Crippen LogP contribution in [0.2, 0.25) is 0 Å². The Bertz CT molecular complexity index is 1300. The molecule has 0 aliphatic carbocycles. The molecule has 0 aliphatic rings. The van der Waals surface area contributed by atoms with Crippen molar-refractivity contribution < 1.29 is 19.1 Å². The Labute approximate surface area is 191 Å². The van der Waals surface area contributed by atoms with Crippen molar-refractivity contribution in [1.82, 2.24) is 4.98 Å². The highest BCUT2D eigenvalue weighted by Gasteiger charge is 2.13. The Morgan fingerprint density at radius 2 is 1.61 bits per heavy atom. The number of anilines is 1. The number of fused-ring (bicyclic) bond motifs is 1. The van der Waals surface area contributed by atoms with Crippen LogP contribution in [0.3, 0.4) is 0 Å². The molecule has 1 heterocycles.